The molecule has 1 aromatic heterocycles. The van der Waals surface area contributed by atoms with Gasteiger partial charge in [0.25, 0.3) is 0 Å². The van der Waals surface area contributed by atoms with Gasteiger partial charge in [-0.1, -0.05) is 0 Å². The van der Waals surface area contributed by atoms with E-state index in [2.05, 4.69) is 36.8 Å². The van der Waals surface area contributed by atoms with Crippen LogP contribution in [-0.2, 0) is 4.74 Å². The first-order valence-electron chi connectivity index (χ1n) is 4.75. The van der Waals surface area contributed by atoms with Crippen molar-refractivity contribution in [3.63, 3.8) is 0 Å². The van der Waals surface area contributed by atoms with E-state index >= 15 is 0 Å². The molecule has 0 bridgehead atoms. The highest BCUT2D eigenvalue weighted by Crippen LogP contribution is 2.32. The van der Waals surface area contributed by atoms with Gasteiger partial charge in [-0.3, -0.25) is 4.98 Å². The number of halogens is 2. The van der Waals surface area contributed by atoms with Gasteiger partial charge in [-0.25, -0.2) is 0 Å². The Hall–Kier alpha value is 0.0300. The molecule has 0 spiro atoms. The molecule has 1 N–H and O–H groups in total. The average molecular weight is 337 g/mol. The number of nitrogens with zero attached hydrogens (tertiary/aromatic N) is 1. The molecule has 1 aliphatic rings. The van der Waals surface area contributed by atoms with Crippen molar-refractivity contribution in [2.45, 2.75) is 12.5 Å². The highest BCUT2D eigenvalue weighted by atomic mass is 79.9. The predicted molar refractivity (Wildman–Crippen MR) is 63.5 cm³/mol. The Kier molecular flexibility index (Phi) is 3.77. The normalized spacial score (nSPS) is 23.0. The molecule has 5 heteroatoms. The van der Waals surface area contributed by atoms with Crippen LogP contribution in [0, 0.1) is 5.92 Å². The molecule has 2 atom stereocenters. The molecule has 1 aliphatic heterocycles. The zero-order valence-corrected chi connectivity index (χ0v) is 11.2. The summed E-state index contributed by atoms with van der Waals surface area (Å²) in [5, 5.41) is 10.1. The third-order valence-electron chi connectivity index (χ3n) is 2.53. The molecule has 0 saturated carbocycles. The molecule has 2 rings (SSSR count). The zero-order valence-electron chi connectivity index (χ0n) is 7.99. The van der Waals surface area contributed by atoms with Gasteiger partial charge in [0.2, 0.25) is 0 Å². The minimum Gasteiger partial charge on any atom is -0.386 e. The van der Waals surface area contributed by atoms with Crippen molar-refractivity contribution in [3.05, 3.63) is 26.9 Å². The Morgan fingerprint density at radius 2 is 2.33 bits per heavy atom. The number of aliphatic hydroxyl groups excluding tert-OH is 1. The number of aliphatic hydroxyl groups is 1. The molecule has 0 aromatic carbocycles. The second-order valence-electron chi connectivity index (χ2n) is 3.59. The summed E-state index contributed by atoms with van der Waals surface area (Å²) in [7, 11) is 0. The van der Waals surface area contributed by atoms with Crippen LogP contribution in [0.25, 0.3) is 0 Å². The highest BCUT2D eigenvalue weighted by molar-refractivity contribution is 9.11. The summed E-state index contributed by atoms with van der Waals surface area (Å²) < 4.78 is 6.98. The van der Waals surface area contributed by atoms with Crippen molar-refractivity contribution >= 4 is 31.9 Å². The summed E-state index contributed by atoms with van der Waals surface area (Å²) in [5.41, 5.74) is 0.689. The Morgan fingerprint density at radius 1 is 1.53 bits per heavy atom. The molecule has 0 radical (unpaired) electrons. The average Bonchev–Trinajstić information content (AvgIpc) is 2.69. The van der Waals surface area contributed by atoms with E-state index in [4.69, 9.17) is 4.74 Å². The van der Waals surface area contributed by atoms with Gasteiger partial charge in [-0.05, 0) is 44.3 Å². The molecule has 1 fully saturated rings. The number of rotatable bonds is 2. The Bertz CT molecular complexity index is 353. The van der Waals surface area contributed by atoms with Crippen molar-refractivity contribution in [3.8, 4) is 0 Å². The number of hydrogen-bond acceptors (Lipinski definition) is 3. The van der Waals surface area contributed by atoms with Gasteiger partial charge in [-0.15, -0.1) is 0 Å². The smallest absolute Gasteiger partial charge is 0.102 e. The number of hydrogen-bond donors (Lipinski definition) is 1. The molecule has 0 amide bonds. The fourth-order valence-electron chi connectivity index (χ4n) is 1.67. The Morgan fingerprint density at radius 3 is 2.93 bits per heavy atom. The van der Waals surface area contributed by atoms with E-state index in [1.165, 1.54) is 0 Å². The molecule has 1 aromatic rings. The van der Waals surface area contributed by atoms with Gasteiger partial charge in [0.05, 0.1) is 12.3 Å². The van der Waals surface area contributed by atoms with Crippen LogP contribution >= 0.6 is 31.9 Å². The summed E-state index contributed by atoms with van der Waals surface area (Å²) in [4.78, 5) is 4.22. The molecule has 2 unspecified atom stereocenters. The fraction of sp³-hybridized carbons (Fsp3) is 0.500. The largest absolute Gasteiger partial charge is 0.386 e. The molecule has 15 heavy (non-hydrogen) atoms. The minimum absolute atomic E-state index is 0.162. The van der Waals surface area contributed by atoms with Crippen molar-refractivity contribution in [2.24, 2.45) is 5.92 Å². The van der Waals surface area contributed by atoms with Crippen molar-refractivity contribution in [1.29, 1.82) is 0 Å². The van der Waals surface area contributed by atoms with Crippen molar-refractivity contribution < 1.29 is 9.84 Å². The van der Waals surface area contributed by atoms with Crippen molar-refractivity contribution in [2.75, 3.05) is 13.2 Å². The Balaban J connectivity index is 2.20. The van der Waals surface area contributed by atoms with Crippen LogP contribution in [0.5, 0.6) is 0 Å². The van der Waals surface area contributed by atoms with Gasteiger partial charge in [0, 0.05) is 27.7 Å². The highest BCUT2D eigenvalue weighted by Gasteiger charge is 2.27. The lowest BCUT2D eigenvalue weighted by Crippen LogP contribution is -2.14. The summed E-state index contributed by atoms with van der Waals surface area (Å²) in [5.74, 6) is 0.162. The van der Waals surface area contributed by atoms with Gasteiger partial charge < -0.3 is 9.84 Å². The monoisotopic (exact) mass is 335 g/mol. The number of ether oxygens (including phenoxy) is 1. The summed E-state index contributed by atoms with van der Waals surface area (Å²) >= 11 is 6.73. The summed E-state index contributed by atoms with van der Waals surface area (Å²) in [6, 6.07) is 1.89. The maximum absolute atomic E-state index is 10.1. The first kappa shape index (κ1) is 11.5. The molecule has 1 saturated heterocycles. The maximum Gasteiger partial charge on any atom is 0.102 e. The van der Waals surface area contributed by atoms with E-state index in [0.717, 1.165) is 22.0 Å². The third kappa shape index (κ3) is 2.58. The first-order chi connectivity index (χ1) is 7.18. The summed E-state index contributed by atoms with van der Waals surface area (Å²) in [6.07, 6.45) is 2.04. The van der Waals surface area contributed by atoms with Gasteiger partial charge in [0.15, 0.2) is 0 Å². The molecular formula is C10H11Br2NO2. The second-order valence-corrected chi connectivity index (χ2v) is 5.36. The second kappa shape index (κ2) is 4.91. The van der Waals surface area contributed by atoms with E-state index in [1.807, 2.05) is 6.07 Å². The third-order valence-corrected chi connectivity index (χ3v) is 3.60. The predicted octanol–water partition coefficient (Wildman–Crippen LogP) is 2.68. The topological polar surface area (TPSA) is 42.4 Å². The lowest BCUT2D eigenvalue weighted by Gasteiger charge is -2.17. The van der Waals surface area contributed by atoms with Crippen LogP contribution in [0.2, 0.25) is 0 Å². The first-order valence-corrected chi connectivity index (χ1v) is 6.34. The van der Waals surface area contributed by atoms with E-state index in [0.29, 0.717) is 12.3 Å². The lowest BCUT2D eigenvalue weighted by molar-refractivity contribution is 0.0879. The van der Waals surface area contributed by atoms with Gasteiger partial charge in [0.1, 0.15) is 6.10 Å². The van der Waals surface area contributed by atoms with E-state index in [1.54, 1.807) is 6.20 Å². The minimum atomic E-state index is -0.546. The number of aromatic nitrogens is 1. The zero-order chi connectivity index (χ0) is 10.8. The van der Waals surface area contributed by atoms with Crippen LogP contribution < -0.4 is 0 Å². The number of pyridine rings is 1. The van der Waals surface area contributed by atoms with E-state index in [9.17, 15) is 5.11 Å². The van der Waals surface area contributed by atoms with Crippen molar-refractivity contribution in [1.82, 2.24) is 4.98 Å². The van der Waals surface area contributed by atoms with Crippen LogP contribution in [-0.4, -0.2) is 23.3 Å². The van der Waals surface area contributed by atoms with Crippen LogP contribution in [0.1, 0.15) is 18.2 Å². The van der Waals surface area contributed by atoms with Crippen LogP contribution in [0.15, 0.2) is 21.2 Å². The molecule has 2 heterocycles. The Labute approximate surface area is 105 Å². The SMILES string of the molecule is OC(c1ncc(Br)cc1Br)C1CCOC1. The quantitative estimate of drug-likeness (QED) is 0.902. The molecule has 82 valence electrons. The standard InChI is InChI=1S/C10H11Br2NO2/c11-7-3-8(12)9(13-4-7)10(14)6-1-2-15-5-6/h3-4,6,10,14H,1-2,5H2. The summed E-state index contributed by atoms with van der Waals surface area (Å²) in [6.45, 7) is 1.35. The molecule has 3 nitrogen and oxygen atoms in total. The van der Waals surface area contributed by atoms with Gasteiger partial charge in [-0.2, -0.15) is 0 Å². The van der Waals surface area contributed by atoms with Crippen LogP contribution in [0.4, 0.5) is 0 Å². The maximum atomic E-state index is 10.1. The fourth-order valence-corrected chi connectivity index (χ4v) is 2.89. The van der Waals surface area contributed by atoms with E-state index < -0.39 is 6.10 Å². The van der Waals surface area contributed by atoms with Gasteiger partial charge >= 0.3 is 0 Å². The van der Waals surface area contributed by atoms with E-state index in [-0.39, 0.29) is 5.92 Å². The molecular weight excluding hydrogens is 326 g/mol. The van der Waals surface area contributed by atoms with Crippen LogP contribution in [0.3, 0.4) is 0 Å². The molecule has 0 aliphatic carbocycles. The lowest BCUT2D eigenvalue weighted by atomic mass is 9.99.